The number of para-hydroxylation sites is 1. The minimum atomic E-state index is 0.402. The topological polar surface area (TPSA) is 81.0 Å². The van der Waals surface area contributed by atoms with Crippen molar-refractivity contribution >= 4 is 17.5 Å². The van der Waals surface area contributed by atoms with Crippen molar-refractivity contribution in [3.63, 3.8) is 0 Å². The van der Waals surface area contributed by atoms with Gasteiger partial charge in [-0.1, -0.05) is 12.1 Å². The standard InChI is InChI=1S/C15H17N7/c1-21-6-8-22(9-7-21)14-11-17-20-15(19-14)18-13-5-3-2-4-12(13)10-16/h2-5,11H,6-9H2,1H3,(H,18,19,20). The molecule has 2 aromatic rings. The molecule has 22 heavy (non-hydrogen) atoms. The summed E-state index contributed by atoms with van der Waals surface area (Å²) in [7, 11) is 2.11. The second kappa shape index (κ2) is 6.37. The third-order valence-corrected chi connectivity index (χ3v) is 3.67. The van der Waals surface area contributed by atoms with Crippen LogP contribution in [0.3, 0.4) is 0 Å². The zero-order valence-electron chi connectivity index (χ0n) is 12.4. The fraction of sp³-hybridized carbons (Fsp3) is 0.333. The first-order chi connectivity index (χ1) is 10.8. The number of aromatic nitrogens is 3. The van der Waals surface area contributed by atoms with E-state index in [2.05, 4.69) is 43.4 Å². The minimum absolute atomic E-state index is 0.402. The fourth-order valence-corrected chi connectivity index (χ4v) is 2.35. The zero-order chi connectivity index (χ0) is 15.4. The SMILES string of the molecule is CN1CCN(c2cnnc(Nc3ccccc3C#N)n2)CC1. The van der Waals surface area contributed by atoms with E-state index in [1.54, 1.807) is 12.3 Å². The quantitative estimate of drug-likeness (QED) is 0.912. The Morgan fingerprint density at radius 2 is 1.95 bits per heavy atom. The number of nitrogens with zero attached hydrogens (tertiary/aromatic N) is 6. The third kappa shape index (κ3) is 3.13. The van der Waals surface area contributed by atoms with Crippen LogP contribution in [0.15, 0.2) is 30.5 Å². The smallest absolute Gasteiger partial charge is 0.249 e. The summed E-state index contributed by atoms with van der Waals surface area (Å²) in [5.41, 5.74) is 1.23. The number of likely N-dealkylation sites (N-methyl/N-ethyl adjacent to an activating group) is 1. The molecule has 7 heteroatoms. The van der Waals surface area contributed by atoms with E-state index in [9.17, 15) is 0 Å². The van der Waals surface area contributed by atoms with E-state index >= 15 is 0 Å². The van der Waals surface area contributed by atoms with E-state index in [0.29, 0.717) is 17.2 Å². The zero-order valence-corrected chi connectivity index (χ0v) is 12.4. The molecule has 1 aliphatic heterocycles. The summed E-state index contributed by atoms with van der Waals surface area (Å²) in [6, 6.07) is 9.40. The third-order valence-electron chi connectivity index (χ3n) is 3.67. The van der Waals surface area contributed by atoms with Gasteiger partial charge in [-0.3, -0.25) is 0 Å². The predicted molar refractivity (Wildman–Crippen MR) is 84.0 cm³/mol. The van der Waals surface area contributed by atoms with Crippen molar-refractivity contribution in [1.29, 1.82) is 5.26 Å². The van der Waals surface area contributed by atoms with E-state index in [4.69, 9.17) is 5.26 Å². The van der Waals surface area contributed by atoms with E-state index in [1.807, 2.05) is 18.2 Å². The molecule has 0 saturated carbocycles. The molecule has 1 N–H and O–H groups in total. The molecule has 112 valence electrons. The Bertz CT molecular complexity index is 686. The molecule has 1 saturated heterocycles. The monoisotopic (exact) mass is 295 g/mol. The Morgan fingerprint density at radius 1 is 1.18 bits per heavy atom. The molecule has 3 rings (SSSR count). The Labute approximate surface area is 129 Å². The molecule has 0 spiro atoms. The largest absolute Gasteiger partial charge is 0.353 e. The molecule has 0 amide bonds. The predicted octanol–water partition coefficient (Wildman–Crippen LogP) is 1.24. The fourth-order valence-electron chi connectivity index (χ4n) is 2.35. The van der Waals surface area contributed by atoms with Gasteiger partial charge in [0.2, 0.25) is 5.95 Å². The van der Waals surface area contributed by atoms with Crippen molar-refractivity contribution < 1.29 is 0 Å². The van der Waals surface area contributed by atoms with Crippen molar-refractivity contribution in [1.82, 2.24) is 20.1 Å². The lowest BCUT2D eigenvalue weighted by Gasteiger charge is -2.32. The van der Waals surface area contributed by atoms with Gasteiger partial charge in [0.05, 0.1) is 17.4 Å². The average Bonchev–Trinajstić information content (AvgIpc) is 2.56. The van der Waals surface area contributed by atoms with Gasteiger partial charge in [0.25, 0.3) is 0 Å². The van der Waals surface area contributed by atoms with Crippen molar-refractivity contribution in [2.24, 2.45) is 0 Å². The Balaban J connectivity index is 1.78. The summed E-state index contributed by atoms with van der Waals surface area (Å²) < 4.78 is 0. The van der Waals surface area contributed by atoms with Gasteiger partial charge in [0.1, 0.15) is 6.07 Å². The number of rotatable bonds is 3. The lowest BCUT2D eigenvalue weighted by molar-refractivity contribution is 0.312. The van der Waals surface area contributed by atoms with Crippen LogP contribution in [0.4, 0.5) is 17.5 Å². The maximum atomic E-state index is 9.12. The molecule has 1 fully saturated rings. The van der Waals surface area contributed by atoms with Crippen LogP contribution < -0.4 is 10.2 Å². The van der Waals surface area contributed by atoms with Crippen LogP contribution in [-0.4, -0.2) is 53.3 Å². The minimum Gasteiger partial charge on any atom is -0.353 e. The number of hydrogen-bond acceptors (Lipinski definition) is 7. The molecule has 7 nitrogen and oxygen atoms in total. The molecule has 1 aromatic heterocycles. The first kappa shape index (κ1) is 14.2. The molecule has 0 bridgehead atoms. The van der Waals surface area contributed by atoms with Crippen LogP contribution in [0.1, 0.15) is 5.56 Å². The van der Waals surface area contributed by atoms with Crippen LogP contribution >= 0.6 is 0 Å². The highest BCUT2D eigenvalue weighted by atomic mass is 15.3. The van der Waals surface area contributed by atoms with E-state index in [1.165, 1.54) is 0 Å². The second-order valence-electron chi connectivity index (χ2n) is 5.21. The van der Waals surface area contributed by atoms with Gasteiger partial charge in [-0.15, -0.1) is 5.10 Å². The second-order valence-corrected chi connectivity index (χ2v) is 5.21. The summed E-state index contributed by atoms with van der Waals surface area (Å²) in [6.07, 6.45) is 1.67. The van der Waals surface area contributed by atoms with Gasteiger partial charge >= 0.3 is 0 Å². The summed E-state index contributed by atoms with van der Waals surface area (Å²) in [6.45, 7) is 3.85. The van der Waals surface area contributed by atoms with Crippen LogP contribution in [0.25, 0.3) is 0 Å². The van der Waals surface area contributed by atoms with E-state index in [0.717, 1.165) is 32.0 Å². The molecular formula is C15H17N7. The number of piperazine rings is 1. The van der Waals surface area contributed by atoms with Gasteiger partial charge in [-0.05, 0) is 19.2 Å². The Morgan fingerprint density at radius 3 is 2.73 bits per heavy atom. The van der Waals surface area contributed by atoms with E-state index < -0.39 is 0 Å². The first-order valence-corrected chi connectivity index (χ1v) is 7.15. The van der Waals surface area contributed by atoms with Crippen LogP contribution in [0.5, 0.6) is 0 Å². The maximum Gasteiger partial charge on any atom is 0.249 e. The first-order valence-electron chi connectivity index (χ1n) is 7.15. The number of benzene rings is 1. The average molecular weight is 295 g/mol. The molecular weight excluding hydrogens is 278 g/mol. The highest BCUT2D eigenvalue weighted by Gasteiger charge is 2.16. The van der Waals surface area contributed by atoms with Crippen molar-refractivity contribution in [3.05, 3.63) is 36.0 Å². The van der Waals surface area contributed by atoms with Gasteiger partial charge in [-0.2, -0.15) is 15.3 Å². The summed E-state index contributed by atoms with van der Waals surface area (Å²) in [5, 5.41) is 20.2. The number of nitrogens with one attached hydrogen (secondary N) is 1. The lowest BCUT2D eigenvalue weighted by Crippen LogP contribution is -2.44. The van der Waals surface area contributed by atoms with Gasteiger partial charge in [-0.25, -0.2) is 0 Å². The normalized spacial score (nSPS) is 15.4. The van der Waals surface area contributed by atoms with Gasteiger partial charge in [0.15, 0.2) is 5.82 Å². The summed E-state index contributed by atoms with van der Waals surface area (Å²) in [4.78, 5) is 8.98. The molecule has 0 atom stereocenters. The van der Waals surface area contributed by atoms with E-state index in [-0.39, 0.29) is 0 Å². The number of anilines is 3. The molecule has 0 radical (unpaired) electrons. The summed E-state index contributed by atoms with van der Waals surface area (Å²) >= 11 is 0. The molecule has 2 heterocycles. The van der Waals surface area contributed by atoms with Crippen LogP contribution in [0.2, 0.25) is 0 Å². The Kier molecular flexibility index (Phi) is 4.12. The Hall–Kier alpha value is -2.72. The number of hydrogen-bond donors (Lipinski definition) is 1. The van der Waals surface area contributed by atoms with Gasteiger partial charge in [0, 0.05) is 26.2 Å². The molecule has 0 unspecified atom stereocenters. The molecule has 1 aromatic carbocycles. The number of nitriles is 1. The molecule has 0 aliphatic carbocycles. The summed E-state index contributed by atoms with van der Waals surface area (Å²) in [5.74, 6) is 1.21. The van der Waals surface area contributed by atoms with Crippen molar-refractivity contribution in [3.8, 4) is 6.07 Å². The van der Waals surface area contributed by atoms with Crippen LogP contribution in [-0.2, 0) is 0 Å². The van der Waals surface area contributed by atoms with Crippen molar-refractivity contribution in [2.45, 2.75) is 0 Å². The molecule has 1 aliphatic rings. The van der Waals surface area contributed by atoms with Gasteiger partial charge < -0.3 is 15.1 Å². The van der Waals surface area contributed by atoms with Crippen LogP contribution in [0, 0.1) is 11.3 Å². The lowest BCUT2D eigenvalue weighted by atomic mass is 10.2. The maximum absolute atomic E-state index is 9.12. The highest BCUT2D eigenvalue weighted by molar-refractivity contribution is 5.63. The highest BCUT2D eigenvalue weighted by Crippen LogP contribution is 2.19. The van der Waals surface area contributed by atoms with Crippen molar-refractivity contribution in [2.75, 3.05) is 43.4 Å².